The van der Waals surface area contributed by atoms with Gasteiger partial charge in [0.15, 0.2) is 11.5 Å². The summed E-state index contributed by atoms with van der Waals surface area (Å²) >= 11 is 0. The standard InChI is InChI=1S/C22H26O9/c1-21(11-23)19(28)18(27)20(29)22(2,31-21)30-17-9-12(5-6-16(17)26)3-4-13-7-14(24)10-15(25)8-13/h3-10,18-20,23-29H,11H2,1-2H3/b4-3+/t18-,19-,20+,21+,22-/m0/s1. The Balaban J connectivity index is 1.88. The molecule has 0 radical (unpaired) electrons. The van der Waals surface area contributed by atoms with Crippen LogP contribution in [0.3, 0.4) is 0 Å². The largest absolute Gasteiger partial charge is 0.508 e. The molecule has 0 unspecified atom stereocenters. The van der Waals surface area contributed by atoms with Crippen LogP contribution in [0.1, 0.15) is 25.0 Å². The van der Waals surface area contributed by atoms with Crippen molar-refractivity contribution in [3.8, 4) is 23.0 Å². The van der Waals surface area contributed by atoms with Crippen molar-refractivity contribution in [2.24, 2.45) is 0 Å². The summed E-state index contributed by atoms with van der Waals surface area (Å²) in [5.74, 6) is -2.44. The Labute approximate surface area is 178 Å². The van der Waals surface area contributed by atoms with Crippen molar-refractivity contribution in [2.45, 2.75) is 43.5 Å². The van der Waals surface area contributed by atoms with Crippen LogP contribution >= 0.6 is 0 Å². The first-order chi connectivity index (χ1) is 14.5. The molecule has 1 fully saturated rings. The summed E-state index contributed by atoms with van der Waals surface area (Å²) in [7, 11) is 0. The minimum Gasteiger partial charge on any atom is -0.508 e. The molecular weight excluding hydrogens is 408 g/mol. The quantitative estimate of drug-likeness (QED) is 0.340. The molecule has 9 heteroatoms. The van der Waals surface area contributed by atoms with Gasteiger partial charge in [0.05, 0.1) is 6.61 Å². The molecule has 2 aromatic rings. The van der Waals surface area contributed by atoms with E-state index in [1.807, 2.05) is 0 Å². The molecule has 5 atom stereocenters. The Morgan fingerprint density at radius 3 is 2.13 bits per heavy atom. The summed E-state index contributed by atoms with van der Waals surface area (Å²) < 4.78 is 11.4. The van der Waals surface area contributed by atoms with Gasteiger partial charge in [-0.2, -0.15) is 0 Å². The molecule has 3 rings (SSSR count). The first-order valence-electron chi connectivity index (χ1n) is 9.56. The average molecular weight is 434 g/mol. The molecule has 7 N–H and O–H groups in total. The van der Waals surface area contributed by atoms with E-state index in [4.69, 9.17) is 9.47 Å². The van der Waals surface area contributed by atoms with Gasteiger partial charge < -0.3 is 45.2 Å². The Morgan fingerprint density at radius 1 is 0.903 bits per heavy atom. The van der Waals surface area contributed by atoms with Crippen LogP contribution < -0.4 is 4.74 Å². The lowest BCUT2D eigenvalue weighted by Gasteiger charge is -2.51. The van der Waals surface area contributed by atoms with Gasteiger partial charge in [-0.05, 0) is 42.3 Å². The fraction of sp³-hybridized carbons (Fsp3) is 0.364. The van der Waals surface area contributed by atoms with E-state index in [1.54, 1.807) is 18.2 Å². The van der Waals surface area contributed by atoms with Crippen molar-refractivity contribution < 1.29 is 45.2 Å². The van der Waals surface area contributed by atoms with Gasteiger partial charge in [-0.3, -0.25) is 0 Å². The summed E-state index contributed by atoms with van der Waals surface area (Å²) in [4.78, 5) is 0. The second kappa shape index (κ2) is 8.37. The number of hydrogen-bond acceptors (Lipinski definition) is 9. The van der Waals surface area contributed by atoms with Crippen LogP contribution in [0.15, 0.2) is 36.4 Å². The van der Waals surface area contributed by atoms with Crippen LogP contribution in [0.2, 0.25) is 0 Å². The molecule has 0 amide bonds. The normalized spacial score (nSPS) is 31.1. The average Bonchev–Trinajstić information content (AvgIpc) is 2.71. The number of aliphatic hydroxyl groups excluding tert-OH is 4. The Hall–Kier alpha value is -2.82. The number of phenols is 3. The maximum atomic E-state index is 10.4. The van der Waals surface area contributed by atoms with E-state index in [1.165, 1.54) is 44.2 Å². The predicted octanol–water partition coefficient (Wildman–Crippen LogP) is 0.933. The van der Waals surface area contributed by atoms with Gasteiger partial charge in [-0.25, -0.2) is 0 Å². The lowest BCUT2D eigenvalue weighted by Crippen LogP contribution is -2.70. The van der Waals surface area contributed by atoms with Crippen molar-refractivity contribution >= 4 is 12.2 Å². The molecule has 31 heavy (non-hydrogen) atoms. The fourth-order valence-electron chi connectivity index (χ4n) is 3.48. The fourth-order valence-corrected chi connectivity index (χ4v) is 3.48. The number of benzene rings is 2. The molecule has 0 spiro atoms. The molecule has 1 aliphatic rings. The highest BCUT2D eigenvalue weighted by Crippen LogP contribution is 2.40. The van der Waals surface area contributed by atoms with Crippen LogP contribution in [0.4, 0.5) is 0 Å². The molecule has 0 saturated carbocycles. The smallest absolute Gasteiger partial charge is 0.237 e. The number of hydrogen-bond donors (Lipinski definition) is 7. The van der Waals surface area contributed by atoms with Gasteiger partial charge in [-0.1, -0.05) is 18.2 Å². The van der Waals surface area contributed by atoms with E-state index in [0.29, 0.717) is 11.1 Å². The van der Waals surface area contributed by atoms with Crippen LogP contribution in [-0.4, -0.2) is 72.1 Å². The third kappa shape index (κ3) is 4.60. The molecule has 168 valence electrons. The zero-order valence-electron chi connectivity index (χ0n) is 17.0. The molecular formula is C22H26O9. The minimum absolute atomic E-state index is 0.0775. The third-order valence-corrected chi connectivity index (χ3v) is 5.25. The van der Waals surface area contributed by atoms with Crippen molar-refractivity contribution in [2.75, 3.05) is 6.61 Å². The van der Waals surface area contributed by atoms with E-state index in [2.05, 4.69) is 0 Å². The predicted molar refractivity (Wildman–Crippen MR) is 110 cm³/mol. The molecule has 0 bridgehead atoms. The SMILES string of the molecule is C[C@]1(Oc2cc(/C=C/c3cc(O)cc(O)c3)ccc2O)O[C@](C)(CO)[C@@H](O)[C@H](O)[C@H]1O. The van der Waals surface area contributed by atoms with Crippen molar-refractivity contribution in [1.82, 2.24) is 0 Å². The van der Waals surface area contributed by atoms with E-state index >= 15 is 0 Å². The van der Waals surface area contributed by atoms with Gasteiger partial charge in [0.2, 0.25) is 5.79 Å². The Morgan fingerprint density at radius 2 is 1.52 bits per heavy atom. The van der Waals surface area contributed by atoms with Crippen LogP contribution in [0, 0.1) is 0 Å². The third-order valence-electron chi connectivity index (χ3n) is 5.25. The maximum Gasteiger partial charge on any atom is 0.237 e. The number of aromatic hydroxyl groups is 3. The monoisotopic (exact) mass is 434 g/mol. The molecule has 1 aliphatic heterocycles. The van der Waals surface area contributed by atoms with Gasteiger partial charge >= 0.3 is 0 Å². The zero-order valence-corrected chi connectivity index (χ0v) is 17.0. The Bertz CT molecular complexity index is 955. The van der Waals surface area contributed by atoms with Gasteiger partial charge in [-0.15, -0.1) is 0 Å². The first-order valence-corrected chi connectivity index (χ1v) is 9.56. The second-order valence-corrected chi connectivity index (χ2v) is 7.91. The summed E-state index contributed by atoms with van der Waals surface area (Å²) in [6, 6.07) is 8.48. The highest BCUT2D eigenvalue weighted by Gasteiger charge is 2.58. The topological polar surface area (TPSA) is 160 Å². The number of phenolic OH excluding ortho intramolecular Hbond substituents is 3. The molecule has 9 nitrogen and oxygen atoms in total. The summed E-state index contributed by atoms with van der Waals surface area (Å²) in [5.41, 5.74) is -0.519. The second-order valence-electron chi connectivity index (χ2n) is 7.91. The number of aliphatic hydroxyl groups is 4. The summed E-state index contributed by atoms with van der Waals surface area (Å²) in [6.45, 7) is 2.03. The van der Waals surface area contributed by atoms with Crippen LogP contribution in [0.25, 0.3) is 12.2 Å². The summed E-state index contributed by atoms with van der Waals surface area (Å²) in [6.07, 6.45) is -1.66. The molecule has 2 aromatic carbocycles. The van der Waals surface area contributed by atoms with Crippen LogP contribution in [0.5, 0.6) is 23.0 Å². The van der Waals surface area contributed by atoms with E-state index in [9.17, 15) is 35.7 Å². The first kappa shape index (κ1) is 22.9. The number of ether oxygens (including phenoxy) is 2. The van der Waals surface area contributed by atoms with E-state index < -0.39 is 36.3 Å². The molecule has 1 saturated heterocycles. The minimum atomic E-state index is -1.90. The molecule has 0 aliphatic carbocycles. The van der Waals surface area contributed by atoms with Crippen molar-refractivity contribution in [3.05, 3.63) is 47.5 Å². The van der Waals surface area contributed by atoms with Crippen molar-refractivity contribution in [1.29, 1.82) is 0 Å². The van der Waals surface area contributed by atoms with E-state index in [-0.39, 0.29) is 23.0 Å². The van der Waals surface area contributed by atoms with Crippen LogP contribution in [-0.2, 0) is 4.74 Å². The maximum absolute atomic E-state index is 10.4. The van der Waals surface area contributed by atoms with Gasteiger partial charge in [0, 0.05) is 13.0 Å². The lowest BCUT2D eigenvalue weighted by molar-refractivity contribution is -0.361. The summed E-state index contributed by atoms with van der Waals surface area (Å²) in [5, 5.41) is 69.8. The van der Waals surface area contributed by atoms with Gasteiger partial charge in [0.25, 0.3) is 0 Å². The zero-order chi connectivity index (χ0) is 23.0. The highest BCUT2D eigenvalue weighted by molar-refractivity contribution is 5.72. The van der Waals surface area contributed by atoms with Gasteiger partial charge in [0.1, 0.15) is 35.4 Å². The molecule has 1 heterocycles. The molecule has 0 aromatic heterocycles. The Kier molecular flexibility index (Phi) is 6.17. The van der Waals surface area contributed by atoms with Crippen molar-refractivity contribution in [3.63, 3.8) is 0 Å². The highest BCUT2D eigenvalue weighted by atomic mass is 16.7. The van der Waals surface area contributed by atoms with E-state index in [0.717, 1.165) is 0 Å². The number of rotatable bonds is 5. The lowest BCUT2D eigenvalue weighted by atomic mass is 9.85.